The summed E-state index contributed by atoms with van der Waals surface area (Å²) in [7, 11) is 0. The highest BCUT2D eigenvalue weighted by molar-refractivity contribution is 7.99. The maximum Gasteiger partial charge on any atom is 0.250 e. The first-order chi connectivity index (χ1) is 8.18. The first-order valence-electron chi connectivity index (χ1n) is 5.71. The standard InChI is InChI=1S/C12H17N3OS/c13-11-9(12(14)16)4-1-5-10(11)15-8-3-2-6-17-7-8/h1,4-5,8,15H,2-3,6-7,13H2,(H2,14,16). The fourth-order valence-corrected chi connectivity index (χ4v) is 3.05. The van der Waals surface area contributed by atoms with E-state index in [0.29, 0.717) is 17.3 Å². The summed E-state index contributed by atoms with van der Waals surface area (Å²) in [5, 5.41) is 3.39. The molecule has 0 spiro atoms. The highest BCUT2D eigenvalue weighted by atomic mass is 32.2. The Morgan fingerprint density at radius 2 is 2.29 bits per heavy atom. The third-order valence-corrected chi connectivity index (χ3v) is 4.11. The Morgan fingerprint density at radius 1 is 1.47 bits per heavy atom. The molecule has 17 heavy (non-hydrogen) atoms. The summed E-state index contributed by atoms with van der Waals surface area (Å²) < 4.78 is 0. The number of hydrogen-bond donors (Lipinski definition) is 3. The number of amides is 1. The summed E-state index contributed by atoms with van der Waals surface area (Å²) in [4.78, 5) is 11.2. The second-order valence-electron chi connectivity index (χ2n) is 4.19. The van der Waals surface area contributed by atoms with Crippen LogP contribution in [0.3, 0.4) is 0 Å². The SMILES string of the molecule is NC(=O)c1cccc(NC2CCCSC2)c1N. The van der Waals surface area contributed by atoms with Crippen LogP contribution in [0.1, 0.15) is 23.2 Å². The van der Waals surface area contributed by atoms with Crippen LogP contribution in [0.5, 0.6) is 0 Å². The molecule has 1 aromatic rings. The van der Waals surface area contributed by atoms with Gasteiger partial charge in [-0.1, -0.05) is 6.07 Å². The minimum Gasteiger partial charge on any atom is -0.396 e. The molecule has 0 aromatic heterocycles. The van der Waals surface area contributed by atoms with Gasteiger partial charge in [0.2, 0.25) is 0 Å². The Bertz CT molecular complexity index is 416. The Kier molecular flexibility index (Phi) is 3.78. The van der Waals surface area contributed by atoms with Crippen molar-refractivity contribution >= 4 is 29.0 Å². The van der Waals surface area contributed by atoms with Crippen LogP contribution in [0.2, 0.25) is 0 Å². The van der Waals surface area contributed by atoms with Crippen LogP contribution >= 0.6 is 11.8 Å². The van der Waals surface area contributed by atoms with Crippen molar-refractivity contribution in [2.75, 3.05) is 22.6 Å². The molecule has 4 nitrogen and oxygen atoms in total. The average molecular weight is 251 g/mol. The predicted octanol–water partition coefficient (Wildman–Crippen LogP) is 1.68. The molecule has 1 amide bonds. The molecule has 1 heterocycles. The second-order valence-corrected chi connectivity index (χ2v) is 5.34. The van der Waals surface area contributed by atoms with E-state index in [1.165, 1.54) is 12.2 Å². The number of para-hydroxylation sites is 1. The molecule has 0 bridgehead atoms. The van der Waals surface area contributed by atoms with Crippen molar-refractivity contribution in [1.82, 2.24) is 0 Å². The van der Waals surface area contributed by atoms with E-state index in [2.05, 4.69) is 5.32 Å². The van der Waals surface area contributed by atoms with Gasteiger partial charge in [0, 0.05) is 11.8 Å². The monoisotopic (exact) mass is 251 g/mol. The zero-order valence-corrected chi connectivity index (χ0v) is 10.4. The number of primary amides is 1. The number of carbonyl (C=O) groups excluding carboxylic acids is 1. The van der Waals surface area contributed by atoms with E-state index in [0.717, 1.165) is 17.9 Å². The Morgan fingerprint density at radius 3 is 2.94 bits per heavy atom. The lowest BCUT2D eigenvalue weighted by Gasteiger charge is -2.24. The van der Waals surface area contributed by atoms with Gasteiger partial charge in [-0.15, -0.1) is 0 Å². The molecule has 2 rings (SSSR count). The third kappa shape index (κ3) is 2.85. The summed E-state index contributed by atoms with van der Waals surface area (Å²) in [5.74, 6) is 1.83. The van der Waals surface area contributed by atoms with Crippen molar-refractivity contribution in [3.05, 3.63) is 23.8 Å². The normalized spacial score (nSPS) is 19.9. The van der Waals surface area contributed by atoms with Gasteiger partial charge in [-0.05, 0) is 30.7 Å². The molecule has 1 aromatic carbocycles. The van der Waals surface area contributed by atoms with Crippen LogP contribution in [-0.4, -0.2) is 23.5 Å². The van der Waals surface area contributed by atoms with Crippen molar-refractivity contribution in [2.24, 2.45) is 5.73 Å². The average Bonchev–Trinajstić information content (AvgIpc) is 2.33. The fourth-order valence-electron chi connectivity index (χ4n) is 1.98. The molecule has 0 radical (unpaired) electrons. The van der Waals surface area contributed by atoms with Crippen LogP contribution < -0.4 is 16.8 Å². The molecule has 1 fully saturated rings. The first kappa shape index (κ1) is 12.1. The lowest BCUT2D eigenvalue weighted by Crippen LogP contribution is -2.26. The summed E-state index contributed by atoms with van der Waals surface area (Å²) in [6.07, 6.45) is 2.37. The van der Waals surface area contributed by atoms with Gasteiger partial charge in [-0.3, -0.25) is 4.79 Å². The fraction of sp³-hybridized carbons (Fsp3) is 0.417. The number of rotatable bonds is 3. The number of anilines is 2. The molecule has 5 heteroatoms. The van der Waals surface area contributed by atoms with Crippen LogP contribution in [0.25, 0.3) is 0 Å². The van der Waals surface area contributed by atoms with Gasteiger partial charge in [0.1, 0.15) is 0 Å². The molecular formula is C12H17N3OS. The Labute approximate surface area is 105 Å². The van der Waals surface area contributed by atoms with Gasteiger partial charge in [0.25, 0.3) is 5.91 Å². The van der Waals surface area contributed by atoms with Crippen molar-refractivity contribution in [3.8, 4) is 0 Å². The molecule has 1 aliphatic heterocycles. The molecule has 0 saturated carbocycles. The number of carbonyl (C=O) groups is 1. The minimum atomic E-state index is -0.482. The van der Waals surface area contributed by atoms with Gasteiger partial charge in [0.05, 0.1) is 16.9 Å². The number of thioether (sulfide) groups is 1. The van der Waals surface area contributed by atoms with Crippen molar-refractivity contribution in [2.45, 2.75) is 18.9 Å². The lowest BCUT2D eigenvalue weighted by molar-refractivity contribution is 0.100. The number of nitrogens with two attached hydrogens (primary N) is 2. The van der Waals surface area contributed by atoms with Gasteiger partial charge in [0.15, 0.2) is 0 Å². The molecule has 1 aliphatic rings. The highest BCUT2D eigenvalue weighted by Crippen LogP contribution is 2.26. The number of nitrogen functional groups attached to an aromatic ring is 1. The summed E-state index contributed by atoms with van der Waals surface area (Å²) >= 11 is 1.94. The quantitative estimate of drug-likeness (QED) is 0.714. The van der Waals surface area contributed by atoms with Gasteiger partial charge >= 0.3 is 0 Å². The van der Waals surface area contributed by atoms with Crippen LogP contribution in [0, 0.1) is 0 Å². The molecular weight excluding hydrogens is 234 g/mol. The summed E-state index contributed by atoms with van der Waals surface area (Å²) in [6, 6.07) is 5.77. The Hall–Kier alpha value is -1.36. The largest absolute Gasteiger partial charge is 0.396 e. The zero-order valence-electron chi connectivity index (χ0n) is 9.61. The van der Waals surface area contributed by atoms with Gasteiger partial charge in [-0.2, -0.15) is 11.8 Å². The lowest BCUT2D eigenvalue weighted by atomic mass is 10.1. The predicted molar refractivity (Wildman–Crippen MR) is 73.3 cm³/mol. The van der Waals surface area contributed by atoms with E-state index in [1.807, 2.05) is 17.8 Å². The van der Waals surface area contributed by atoms with E-state index in [9.17, 15) is 4.79 Å². The summed E-state index contributed by atoms with van der Waals surface area (Å²) in [5.41, 5.74) is 12.9. The molecule has 1 atom stereocenters. The van der Waals surface area contributed by atoms with Crippen molar-refractivity contribution in [3.63, 3.8) is 0 Å². The molecule has 1 saturated heterocycles. The first-order valence-corrected chi connectivity index (χ1v) is 6.86. The van der Waals surface area contributed by atoms with E-state index < -0.39 is 5.91 Å². The topological polar surface area (TPSA) is 81.1 Å². The number of benzene rings is 1. The molecule has 92 valence electrons. The van der Waals surface area contributed by atoms with Crippen LogP contribution in [-0.2, 0) is 0 Å². The van der Waals surface area contributed by atoms with Crippen LogP contribution in [0.15, 0.2) is 18.2 Å². The van der Waals surface area contributed by atoms with Crippen LogP contribution in [0.4, 0.5) is 11.4 Å². The third-order valence-electron chi connectivity index (χ3n) is 2.89. The van der Waals surface area contributed by atoms with Crippen molar-refractivity contribution in [1.29, 1.82) is 0 Å². The van der Waals surface area contributed by atoms with E-state index in [4.69, 9.17) is 11.5 Å². The zero-order chi connectivity index (χ0) is 12.3. The Balaban J connectivity index is 2.15. The molecule has 5 N–H and O–H groups in total. The van der Waals surface area contributed by atoms with Crippen molar-refractivity contribution < 1.29 is 4.79 Å². The maximum atomic E-state index is 11.2. The number of hydrogen-bond acceptors (Lipinski definition) is 4. The highest BCUT2D eigenvalue weighted by Gasteiger charge is 2.16. The van der Waals surface area contributed by atoms with E-state index in [-0.39, 0.29) is 0 Å². The summed E-state index contributed by atoms with van der Waals surface area (Å²) in [6.45, 7) is 0. The van der Waals surface area contributed by atoms with Gasteiger partial charge in [-0.25, -0.2) is 0 Å². The molecule has 1 unspecified atom stereocenters. The maximum absolute atomic E-state index is 11.2. The van der Waals surface area contributed by atoms with E-state index in [1.54, 1.807) is 12.1 Å². The number of nitrogens with one attached hydrogen (secondary N) is 1. The minimum absolute atomic E-state index is 0.387. The van der Waals surface area contributed by atoms with Gasteiger partial charge < -0.3 is 16.8 Å². The molecule has 0 aliphatic carbocycles. The smallest absolute Gasteiger partial charge is 0.250 e. The second kappa shape index (κ2) is 5.31. The van der Waals surface area contributed by atoms with E-state index >= 15 is 0 Å².